The van der Waals surface area contributed by atoms with Gasteiger partial charge in [-0.25, -0.2) is 9.97 Å². The number of hydrogen-bond donors (Lipinski definition) is 6. The van der Waals surface area contributed by atoms with Gasteiger partial charge in [0, 0.05) is 44.3 Å². The number of nitrogens with zero attached hydrogens (tertiary/aromatic N) is 2. The Labute approximate surface area is 415 Å². The fraction of sp³-hybridized carbons (Fsp3) is 0.154. The number of aryl methyl sites for hydroxylation is 8. The van der Waals surface area contributed by atoms with Gasteiger partial charge in [0.1, 0.15) is 0 Å². The summed E-state index contributed by atoms with van der Waals surface area (Å²) in [5.74, 6) is 0. The lowest BCUT2D eigenvalue weighted by atomic mass is 9.96. The summed E-state index contributed by atoms with van der Waals surface area (Å²) in [6, 6.07) is 19.3. The van der Waals surface area contributed by atoms with E-state index in [0.29, 0.717) is 112 Å². The average Bonchev–Trinajstić information content (AvgIpc) is 4.11. The molecule has 0 unspecified atom stereocenters. The molecule has 0 amide bonds. The zero-order chi connectivity index (χ0) is 52.3. The lowest BCUT2D eigenvalue weighted by molar-refractivity contribution is 0.480. The van der Waals surface area contributed by atoms with Crippen LogP contribution in [-0.2, 0) is 40.5 Å². The molecule has 9 rings (SSSR count). The summed E-state index contributed by atoms with van der Waals surface area (Å²) in [4.78, 5) is 16.5. The molecule has 2 aliphatic heterocycles. The van der Waals surface area contributed by atoms with Gasteiger partial charge in [0.2, 0.25) is 0 Å². The highest BCUT2D eigenvalue weighted by Gasteiger charge is 2.26. The molecular formula is C52H46N4O12S4. The fourth-order valence-electron chi connectivity index (χ4n) is 9.69. The Balaban J connectivity index is 1.52. The first-order valence-corrected chi connectivity index (χ1v) is 27.8. The Bertz CT molecular complexity index is 3760. The minimum Gasteiger partial charge on any atom is -0.354 e. The monoisotopic (exact) mass is 1050 g/mol. The quantitative estimate of drug-likeness (QED) is 0.0773. The molecule has 0 fully saturated rings. The highest BCUT2D eigenvalue weighted by molar-refractivity contribution is 7.86. The van der Waals surface area contributed by atoms with Gasteiger partial charge < -0.3 is 9.97 Å². The molecular weight excluding hydrogens is 1000 g/mol. The van der Waals surface area contributed by atoms with Crippen LogP contribution in [-0.4, -0.2) is 71.8 Å². The normalized spacial score (nSPS) is 13.1. The van der Waals surface area contributed by atoms with Gasteiger partial charge in [0.05, 0.1) is 42.4 Å². The van der Waals surface area contributed by atoms with E-state index in [1.165, 1.54) is 24.3 Å². The highest BCUT2D eigenvalue weighted by atomic mass is 32.2. The number of fused-ring (bicyclic) bond motifs is 8. The van der Waals surface area contributed by atoms with Crippen LogP contribution < -0.4 is 0 Å². The lowest BCUT2D eigenvalue weighted by Gasteiger charge is -2.14. The van der Waals surface area contributed by atoms with Gasteiger partial charge in [0.25, 0.3) is 40.5 Å². The van der Waals surface area contributed by atoms with Crippen molar-refractivity contribution in [2.24, 2.45) is 0 Å². The molecule has 2 aliphatic rings. The van der Waals surface area contributed by atoms with E-state index in [9.17, 15) is 51.9 Å². The molecule has 72 heavy (non-hydrogen) atoms. The van der Waals surface area contributed by atoms with Gasteiger partial charge in [-0.2, -0.15) is 33.7 Å². The Hall–Kier alpha value is -6.88. The van der Waals surface area contributed by atoms with E-state index in [0.717, 1.165) is 0 Å². The van der Waals surface area contributed by atoms with Crippen molar-refractivity contribution in [3.05, 3.63) is 140 Å². The molecule has 20 heteroatoms. The predicted molar refractivity (Wildman–Crippen MR) is 278 cm³/mol. The second-order valence-electron chi connectivity index (χ2n) is 18.1. The number of hydrogen-bond acceptors (Lipinski definition) is 10. The lowest BCUT2D eigenvalue weighted by Crippen LogP contribution is -2.03. The molecule has 0 aliphatic carbocycles. The molecule has 5 heterocycles. The van der Waals surface area contributed by atoms with Gasteiger partial charge >= 0.3 is 0 Å². The molecule has 370 valence electrons. The van der Waals surface area contributed by atoms with Crippen LogP contribution in [0.2, 0.25) is 0 Å². The molecule has 0 radical (unpaired) electrons. The van der Waals surface area contributed by atoms with Crippen molar-refractivity contribution in [1.82, 2.24) is 19.9 Å². The second-order valence-corrected chi connectivity index (χ2v) is 23.7. The number of aromatic amines is 2. The summed E-state index contributed by atoms with van der Waals surface area (Å²) < 4.78 is 141. The van der Waals surface area contributed by atoms with E-state index >= 15 is 0 Å². The number of aromatic nitrogens is 4. The largest absolute Gasteiger partial charge is 0.354 e. The van der Waals surface area contributed by atoms with Crippen LogP contribution in [0.5, 0.6) is 0 Å². The third-order valence-electron chi connectivity index (χ3n) is 13.0. The van der Waals surface area contributed by atoms with E-state index in [-0.39, 0.29) is 41.8 Å². The Morgan fingerprint density at radius 3 is 0.694 bits per heavy atom. The van der Waals surface area contributed by atoms with E-state index in [2.05, 4.69) is 9.97 Å². The molecule has 0 saturated heterocycles. The van der Waals surface area contributed by atoms with Crippen molar-refractivity contribution in [3.63, 3.8) is 0 Å². The van der Waals surface area contributed by atoms with Crippen molar-refractivity contribution >= 4 is 86.8 Å². The predicted octanol–water partition coefficient (Wildman–Crippen LogP) is 10.8. The van der Waals surface area contributed by atoms with Crippen molar-refractivity contribution in [1.29, 1.82) is 0 Å². The highest BCUT2D eigenvalue weighted by Crippen LogP contribution is 2.43. The first kappa shape index (κ1) is 50.1. The Kier molecular flexibility index (Phi) is 12.1. The van der Waals surface area contributed by atoms with Gasteiger partial charge in [-0.15, -0.1) is 0 Å². The van der Waals surface area contributed by atoms with Crippen LogP contribution in [0.25, 0.3) is 90.9 Å². The van der Waals surface area contributed by atoms with Gasteiger partial charge in [-0.3, -0.25) is 18.2 Å². The number of rotatable bonds is 8. The second kappa shape index (κ2) is 17.4. The molecule has 4 aromatic carbocycles. The molecule has 0 spiro atoms. The summed E-state index contributed by atoms with van der Waals surface area (Å²) in [7, 11) is -18.5. The number of H-pyrrole nitrogens is 2. The molecule has 8 bridgehead atoms. The molecule has 16 nitrogen and oxygen atoms in total. The van der Waals surface area contributed by atoms with Crippen LogP contribution in [0.3, 0.4) is 0 Å². The SMILES string of the molecule is Cc1cc(S(=O)(=O)O)c(C)cc1-c1c2nc(c(-c3cc(C)c(S(=O)(=O)O)cc3C)c3ccc([nH]3)c(-c3cc(C)c(S(=O)(=O)O)cc3C)c3nc(c(-c4cc(C)c(S(=O)(=O)O)cc4C)c4ccc1[nH]4)C=C3)C=C2. The van der Waals surface area contributed by atoms with Crippen molar-refractivity contribution < 1.29 is 51.9 Å². The fourth-order valence-corrected chi connectivity index (χ4v) is 12.9. The molecule has 0 saturated carbocycles. The molecule has 6 N–H and O–H groups in total. The van der Waals surface area contributed by atoms with Crippen LogP contribution in [0.15, 0.2) is 92.4 Å². The minimum absolute atomic E-state index is 0.253. The number of nitrogens with one attached hydrogen (secondary N) is 2. The first-order chi connectivity index (χ1) is 33.5. The molecule has 7 aromatic rings. The minimum atomic E-state index is -4.62. The summed E-state index contributed by atoms with van der Waals surface area (Å²) >= 11 is 0. The van der Waals surface area contributed by atoms with Crippen LogP contribution in [0.1, 0.15) is 67.3 Å². The standard InChI is InChI=1S/C52H46N4O12S4/c1-25-21-45(69(57,58)59)29(5)17-33(25)49-37-9-11-39(53-37)50(34-18-30(6)46(22-26(34)2)70(60,61)62)41-13-15-43(55-41)52(36-20-32(8)48(24-28(36)4)72(66,67)68)44-16-14-42(56-44)51(40-12-10-38(49)54-40)35-19-31(7)47(23-27(35)3)71(63,64)65/h9-24,53,56H,1-8H3,(H,57,58,59)(H,60,61,62)(H,63,64,65)(H,66,67,68). The molecule has 3 aromatic heterocycles. The van der Waals surface area contributed by atoms with E-state index < -0.39 is 40.5 Å². The maximum atomic E-state index is 12.5. The number of benzene rings is 4. The maximum Gasteiger partial charge on any atom is 0.294 e. The summed E-state index contributed by atoms with van der Waals surface area (Å²) in [6.45, 7) is 13.0. The summed E-state index contributed by atoms with van der Waals surface area (Å²) in [5.41, 5.74) is 10.9. The zero-order valence-electron chi connectivity index (χ0n) is 39.8. The average molecular weight is 1050 g/mol. The van der Waals surface area contributed by atoms with Crippen LogP contribution in [0, 0.1) is 55.4 Å². The topological polar surface area (TPSA) is 275 Å². The van der Waals surface area contributed by atoms with Crippen molar-refractivity contribution in [2.75, 3.05) is 0 Å². The van der Waals surface area contributed by atoms with Crippen molar-refractivity contribution in [2.45, 2.75) is 75.0 Å². The Morgan fingerprint density at radius 2 is 0.514 bits per heavy atom. The summed E-state index contributed by atoms with van der Waals surface area (Å²) in [6.07, 6.45) is 7.13. The third kappa shape index (κ3) is 8.93. The maximum absolute atomic E-state index is 12.5. The van der Waals surface area contributed by atoms with Crippen molar-refractivity contribution in [3.8, 4) is 44.5 Å². The Morgan fingerprint density at radius 1 is 0.319 bits per heavy atom. The van der Waals surface area contributed by atoms with Crippen LogP contribution in [0.4, 0.5) is 0 Å². The zero-order valence-corrected chi connectivity index (χ0v) is 43.1. The summed E-state index contributed by atoms with van der Waals surface area (Å²) in [5, 5.41) is 0. The molecule has 0 atom stereocenters. The smallest absolute Gasteiger partial charge is 0.294 e. The van der Waals surface area contributed by atoms with Gasteiger partial charge in [0.15, 0.2) is 0 Å². The van der Waals surface area contributed by atoms with E-state index in [1.807, 2.05) is 24.3 Å². The van der Waals surface area contributed by atoms with E-state index in [4.69, 9.17) is 9.97 Å². The van der Waals surface area contributed by atoms with Gasteiger partial charge in [-0.1, -0.05) is 0 Å². The van der Waals surface area contributed by atoms with E-state index in [1.54, 1.807) is 104 Å². The first-order valence-electron chi connectivity index (χ1n) is 22.0. The van der Waals surface area contributed by atoms with Gasteiger partial charge in [-0.05, 0) is 219 Å². The van der Waals surface area contributed by atoms with Crippen LogP contribution >= 0.6 is 0 Å². The third-order valence-corrected chi connectivity index (χ3v) is 17.0.